The first-order chi connectivity index (χ1) is 11.0. The molecule has 0 bridgehead atoms. The van der Waals surface area contributed by atoms with E-state index in [1.165, 1.54) is 11.1 Å². The molecule has 1 atom stereocenters. The molecule has 0 saturated heterocycles. The fourth-order valence-corrected chi connectivity index (χ4v) is 3.06. The molecule has 0 aliphatic rings. The minimum atomic E-state index is 0.239. The fraction of sp³-hybridized carbons (Fsp3) is 0.350. The molecule has 23 heavy (non-hydrogen) atoms. The molecular formula is C20H25N3. The van der Waals surface area contributed by atoms with Gasteiger partial charge in [0.1, 0.15) is 5.82 Å². The van der Waals surface area contributed by atoms with Gasteiger partial charge in [-0.25, -0.2) is 4.98 Å². The molecule has 1 aromatic heterocycles. The van der Waals surface area contributed by atoms with Crippen LogP contribution in [0.25, 0.3) is 11.0 Å². The van der Waals surface area contributed by atoms with Crippen LogP contribution in [0.1, 0.15) is 43.8 Å². The van der Waals surface area contributed by atoms with Crippen molar-refractivity contribution in [3.05, 3.63) is 65.5 Å². The van der Waals surface area contributed by atoms with E-state index in [1.54, 1.807) is 0 Å². The van der Waals surface area contributed by atoms with Crippen LogP contribution in [-0.4, -0.2) is 20.9 Å². The van der Waals surface area contributed by atoms with Gasteiger partial charge in [0.15, 0.2) is 0 Å². The Balaban J connectivity index is 1.88. The van der Waals surface area contributed by atoms with Crippen molar-refractivity contribution in [1.82, 2.24) is 14.9 Å². The number of benzene rings is 2. The molecule has 1 N–H and O–H groups in total. The number of nitrogens with zero attached hydrogens (tertiary/aromatic N) is 2. The number of nitrogens with one attached hydrogen (secondary N) is 1. The molecule has 0 saturated carbocycles. The monoisotopic (exact) mass is 307 g/mol. The second kappa shape index (κ2) is 6.55. The van der Waals surface area contributed by atoms with Crippen LogP contribution in [0.2, 0.25) is 0 Å². The Kier molecular flexibility index (Phi) is 4.49. The average molecular weight is 307 g/mol. The Hall–Kier alpha value is -2.13. The number of hydrogen-bond acceptors (Lipinski definition) is 2. The number of aryl methyl sites for hydroxylation is 1. The Morgan fingerprint density at radius 1 is 1.04 bits per heavy atom. The van der Waals surface area contributed by atoms with Gasteiger partial charge in [0.25, 0.3) is 0 Å². The van der Waals surface area contributed by atoms with Gasteiger partial charge in [-0.15, -0.1) is 0 Å². The molecule has 0 amide bonds. The zero-order chi connectivity index (χ0) is 16.4. The maximum Gasteiger partial charge on any atom is 0.124 e. The topological polar surface area (TPSA) is 31.9 Å². The van der Waals surface area contributed by atoms with Gasteiger partial charge in [-0.1, -0.05) is 36.4 Å². The summed E-state index contributed by atoms with van der Waals surface area (Å²) in [5.41, 5.74) is 4.75. The molecule has 0 spiro atoms. The zero-order valence-corrected chi connectivity index (χ0v) is 14.4. The van der Waals surface area contributed by atoms with Gasteiger partial charge in [-0.05, 0) is 51.0 Å². The molecule has 120 valence electrons. The van der Waals surface area contributed by atoms with Gasteiger partial charge >= 0.3 is 0 Å². The van der Waals surface area contributed by atoms with Crippen molar-refractivity contribution in [2.45, 2.75) is 46.3 Å². The Morgan fingerprint density at radius 3 is 2.48 bits per heavy atom. The number of aromatic nitrogens is 2. The van der Waals surface area contributed by atoms with E-state index in [0.29, 0.717) is 6.04 Å². The lowest BCUT2D eigenvalue weighted by Crippen LogP contribution is -2.33. The maximum atomic E-state index is 4.80. The van der Waals surface area contributed by atoms with Gasteiger partial charge in [0.2, 0.25) is 0 Å². The van der Waals surface area contributed by atoms with E-state index >= 15 is 0 Å². The van der Waals surface area contributed by atoms with Gasteiger partial charge in [-0.3, -0.25) is 4.90 Å². The van der Waals surface area contributed by atoms with E-state index in [-0.39, 0.29) is 6.04 Å². The number of imidazole rings is 1. The summed E-state index contributed by atoms with van der Waals surface area (Å²) in [6.45, 7) is 9.75. The summed E-state index contributed by atoms with van der Waals surface area (Å²) in [6, 6.07) is 17.7. The summed E-state index contributed by atoms with van der Waals surface area (Å²) in [4.78, 5) is 10.8. The Labute approximate surface area is 138 Å². The van der Waals surface area contributed by atoms with Crippen LogP contribution < -0.4 is 0 Å². The highest BCUT2D eigenvalue weighted by Gasteiger charge is 2.21. The van der Waals surface area contributed by atoms with Crippen molar-refractivity contribution in [3.8, 4) is 0 Å². The molecule has 3 rings (SSSR count). The summed E-state index contributed by atoms with van der Waals surface area (Å²) >= 11 is 0. The first kappa shape index (κ1) is 15.8. The molecule has 3 nitrogen and oxygen atoms in total. The van der Waals surface area contributed by atoms with Gasteiger partial charge in [0, 0.05) is 12.6 Å². The van der Waals surface area contributed by atoms with Crippen molar-refractivity contribution < 1.29 is 0 Å². The molecule has 0 aliphatic heterocycles. The second-order valence-electron chi connectivity index (χ2n) is 6.57. The lowest BCUT2D eigenvalue weighted by Gasteiger charge is -2.31. The molecule has 3 aromatic rings. The SMILES string of the molecule is Cc1ccc2nc(C(C)N(Cc3ccccc3)C(C)C)[nH]c2c1. The van der Waals surface area contributed by atoms with Crippen LogP contribution >= 0.6 is 0 Å². The molecule has 0 aliphatic carbocycles. The predicted molar refractivity (Wildman–Crippen MR) is 96.4 cm³/mol. The third-order valence-electron chi connectivity index (χ3n) is 4.42. The standard InChI is InChI=1S/C20H25N3/c1-14(2)23(13-17-8-6-5-7-9-17)16(4)20-21-18-11-10-15(3)12-19(18)22-20/h5-12,14,16H,13H2,1-4H3,(H,21,22). The first-order valence-electron chi connectivity index (χ1n) is 8.30. The molecule has 1 heterocycles. The Bertz CT molecular complexity index is 774. The molecule has 1 unspecified atom stereocenters. The van der Waals surface area contributed by atoms with E-state index < -0.39 is 0 Å². The summed E-state index contributed by atoms with van der Waals surface area (Å²) in [7, 11) is 0. The lowest BCUT2D eigenvalue weighted by molar-refractivity contribution is 0.150. The largest absolute Gasteiger partial charge is 0.341 e. The molecular weight excluding hydrogens is 282 g/mol. The normalized spacial score (nSPS) is 13.1. The number of fused-ring (bicyclic) bond motifs is 1. The minimum Gasteiger partial charge on any atom is -0.341 e. The predicted octanol–water partition coefficient (Wildman–Crippen LogP) is 4.84. The van der Waals surface area contributed by atoms with Crippen molar-refractivity contribution in [3.63, 3.8) is 0 Å². The summed E-state index contributed by atoms with van der Waals surface area (Å²) in [5.74, 6) is 1.04. The number of aromatic amines is 1. The van der Waals surface area contributed by atoms with E-state index in [2.05, 4.69) is 86.1 Å². The van der Waals surface area contributed by atoms with Gasteiger partial charge in [0.05, 0.1) is 17.1 Å². The molecule has 2 aromatic carbocycles. The van der Waals surface area contributed by atoms with Crippen LogP contribution in [0.15, 0.2) is 48.5 Å². The average Bonchev–Trinajstić information content (AvgIpc) is 2.95. The fourth-order valence-electron chi connectivity index (χ4n) is 3.06. The quantitative estimate of drug-likeness (QED) is 0.731. The van der Waals surface area contributed by atoms with Gasteiger partial charge < -0.3 is 4.98 Å². The Morgan fingerprint density at radius 2 is 1.78 bits per heavy atom. The molecule has 0 fully saturated rings. The van der Waals surface area contributed by atoms with Crippen LogP contribution in [0, 0.1) is 6.92 Å². The van der Waals surface area contributed by atoms with E-state index in [9.17, 15) is 0 Å². The molecule has 0 radical (unpaired) electrons. The van der Waals surface area contributed by atoms with Gasteiger partial charge in [-0.2, -0.15) is 0 Å². The van der Waals surface area contributed by atoms with Crippen molar-refractivity contribution in [2.75, 3.05) is 0 Å². The smallest absolute Gasteiger partial charge is 0.124 e. The van der Waals surface area contributed by atoms with Crippen molar-refractivity contribution in [2.24, 2.45) is 0 Å². The van der Waals surface area contributed by atoms with Crippen molar-refractivity contribution >= 4 is 11.0 Å². The highest BCUT2D eigenvalue weighted by Crippen LogP contribution is 2.25. The van der Waals surface area contributed by atoms with Crippen LogP contribution in [-0.2, 0) is 6.54 Å². The first-order valence-corrected chi connectivity index (χ1v) is 8.30. The number of hydrogen-bond donors (Lipinski definition) is 1. The molecule has 3 heteroatoms. The van der Waals surface area contributed by atoms with Crippen molar-refractivity contribution in [1.29, 1.82) is 0 Å². The van der Waals surface area contributed by atoms with E-state index in [1.807, 2.05) is 0 Å². The summed E-state index contributed by atoms with van der Waals surface area (Å²) < 4.78 is 0. The van der Waals surface area contributed by atoms with Crippen LogP contribution in [0.5, 0.6) is 0 Å². The highest BCUT2D eigenvalue weighted by molar-refractivity contribution is 5.75. The van der Waals surface area contributed by atoms with E-state index in [4.69, 9.17) is 4.98 Å². The number of H-pyrrole nitrogens is 1. The van der Waals surface area contributed by atoms with E-state index in [0.717, 1.165) is 23.4 Å². The second-order valence-corrected chi connectivity index (χ2v) is 6.57. The number of rotatable bonds is 5. The maximum absolute atomic E-state index is 4.80. The lowest BCUT2D eigenvalue weighted by atomic mass is 10.1. The van der Waals surface area contributed by atoms with Crippen LogP contribution in [0.4, 0.5) is 0 Å². The zero-order valence-electron chi connectivity index (χ0n) is 14.4. The third-order valence-corrected chi connectivity index (χ3v) is 4.42. The summed E-state index contributed by atoms with van der Waals surface area (Å²) in [5, 5.41) is 0. The van der Waals surface area contributed by atoms with Crippen LogP contribution in [0.3, 0.4) is 0 Å². The summed E-state index contributed by atoms with van der Waals surface area (Å²) in [6.07, 6.45) is 0. The third kappa shape index (κ3) is 3.45. The minimum absolute atomic E-state index is 0.239. The highest BCUT2D eigenvalue weighted by atomic mass is 15.2.